The molecule has 6 nitrogen and oxygen atoms in total. The Labute approximate surface area is 115 Å². The molecule has 0 radical (unpaired) electrons. The van der Waals surface area contributed by atoms with E-state index in [2.05, 4.69) is 27.2 Å². The van der Waals surface area contributed by atoms with E-state index in [4.69, 9.17) is 4.74 Å². The Hall–Kier alpha value is -1.59. The maximum Gasteiger partial charge on any atom is 0.323 e. The zero-order valence-corrected chi connectivity index (χ0v) is 12.4. The van der Waals surface area contributed by atoms with Crippen LogP contribution in [0.3, 0.4) is 0 Å². The molecule has 6 heteroatoms. The van der Waals surface area contributed by atoms with E-state index in [9.17, 15) is 0 Å². The second-order valence-electron chi connectivity index (χ2n) is 4.65. The van der Waals surface area contributed by atoms with Gasteiger partial charge in [-0.2, -0.15) is 15.0 Å². The first-order chi connectivity index (χ1) is 9.17. The third-order valence-electron chi connectivity index (χ3n) is 2.71. The molecule has 1 N–H and O–H groups in total. The standard InChI is InChI=1S/C13H25N5O/c1-5-6-7-8-9-10-19-13-16-11(14-2)15-12(17-13)18(3)4/h5-10H2,1-4H3,(H,14,15,16,17). The third-order valence-corrected chi connectivity index (χ3v) is 2.71. The Bertz CT molecular complexity index is 370. The quantitative estimate of drug-likeness (QED) is 0.693. The summed E-state index contributed by atoms with van der Waals surface area (Å²) < 4.78 is 5.59. The van der Waals surface area contributed by atoms with E-state index < -0.39 is 0 Å². The molecule has 0 atom stereocenters. The molecule has 0 fully saturated rings. The van der Waals surface area contributed by atoms with Gasteiger partial charge in [-0.3, -0.25) is 0 Å². The first-order valence-electron chi connectivity index (χ1n) is 6.91. The molecule has 0 aromatic carbocycles. The lowest BCUT2D eigenvalue weighted by Crippen LogP contribution is -2.15. The molecular weight excluding hydrogens is 242 g/mol. The van der Waals surface area contributed by atoms with Crippen molar-refractivity contribution >= 4 is 11.9 Å². The van der Waals surface area contributed by atoms with Crippen molar-refractivity contribution in [3.8, 4) is 6.01 Å². The Morgan fingerprint density at radius 3 is 2.42 bits per heavy atom. The summed E-state index contributed by atoms with van der Waals surface area (Å²) in [5.41, 5.74) is 0. The minimum atomic E-state index is 0.388. The fourth-order valence-corrected chi connectivity index (χ4v) is 1.59. The summed E-state index contributed by atoms with van der Waals surface area (Å²) in [5, 5.41) is 2.91. The molecule has 0 bridgehead atoms. The van der Waals surface area contributed by atoms with Gasteiger partial charge in [0.25, 0.3) is 0 Å². The highest BCUT2D eigenvalue weighted by Gasteiger charge is 2.07. The fraction of sp³-hybridized carbons (Fsp3) is 0.769. The lowest BCUT2D eigenvalue weighted by atomic mass is 10.2. The summed E-state index contributed by atoms with van der Waals surface area (Å²) >= 11 is 0. The minimum Gasteiger partial charge on any atom is -0.463 e. The van der Waals surface area contributed by atoms with E-state index in [0.717, 1.165) is 6.42 Å². The SMILES string of the molecule is CCCCCCCOc1nc(NC)nc(N(C)C)n1. The van der Waals surface area contributed by atoms with Crippen molar-refractivity contribution in [2.24, 2.45) is 0 Å². The number of nitrogens with zero attached hydrogens (tertiary/aromatic N) is 4. The molecule has 0 amide bonds. The van der Waals surface area contributed by atoms with Gasteiger partial charge >= 0.3 is 6.01 Å². The topological polar surface area (TPSA) is 63.2 Å². The average molecular weight is 267 g/mol. The van der Waals surface area contributed by atoms with Gasteiger partial charge in [-0.25, -0.2) is 0 Å². The molecule has 0 saturated carbocycles. The molecule has 0 aliphatic rings. The lowest BCUT2D eigenvalue weighted by molar-refractivity contribution is 0.281. The van der Waals surface area contributed by atoms with Gasteiger partial charge in [0.15, 0.2) is 0 Å². The van der Waals surface area contributed by atoms with E-state index in [-0.39, 0.29) is 0 Å². The highest BCUT2D eigenvalue weighted by molar-refractivity contribution is 5.36. The van der Waals surface area contributed by atoms with Gasteiger partial charge in [0, 0.05) is 21.1 Å². The molecule has 0 aliphatic heterocycles. The number of unbranched alkanes of at least 4 members (excludes halogenated alkanes) is 4. The van der Waals surface area contributed by atoms with E-state index >= 15 is 0 Å². The Balaban J connectivity index is 2.46. The highest BCUT2D eigenvalue weighted by atomic mass is 16.5. The summed E-state index contributed by atoms with van der Waals surface area (Å²) in [5.74, 6) is 1.13. The van der Waals surface area contributed by atoms with Crippen LogP contribution in [-0.2, 0) is 0 Å². The van der Waals surface area contributed by atoms with E-state index in [1.807, 2.05) is 19.0 Å². The average Bonchev–Trinajstić information content (AvgIpc) is 2.42. The van der Waals surface area contributed by atoms with Gasteiger partial charge in [-0.15, -0.1) is 0 Å². The van der Waals surface area contributed by atoms with E-state index in [0.29, 0.717) is 24.5 Å². The lowest BCUT2D eigenvalue weighted by Gasteiger charge is -2.12. The predicted octanol–water partition coefficient (Wildman–Crippen LogP) is 2.33. The molecule has 0 spiro atoms. The molecule has 0 saturated heterocycles. The van der Waals surface area contributed by atoms with Gasteiger partial charge < -0.3 is 15.0 Å². The third kappa shape index (κ3) is 5.72. The van der Waals surface area contributed by atoms with Crippen LogP contribution in [0.5, 0.6) is 6.01 Å². The zero-order valence-electron chi connectivity index (χ0n) is 12.4. The van der Waals surface area contributed by atoms with Crippen LogP contribution in [-0.4, -0.2) is 42.7 Å². The van der Waals surface area contributed by atoms with Crippen LogP contribution in [0.4, 0.5) is 11.9 Å². The molecule has 1 rings (SSSR count). The van der Waals surface area contributed by atoms with Crippen molar-refractivity contribution < 1.29 is 4.74 Å². The normalized spacial score (nSPS) is 10.3. The molecule has 108 valence electrons. The molecule has 0 aliphatic carbocycles. The molecular formula is C13H25N5O. The van der Waals surface area contributed by atoms with Gasteiger partial charge in [0.1, 0.15) is 0 Å². The zero-order chi connectivity index (χ0) is 14.1. The molecule has 1 aromatic heterocycles. The number of ether oxygens (including phenoxy) is 1. The maximum absolute atomic E-state index is 5.59. The van der Waals surface area contributed by atoms with Crippen molar-refractivity contribution in [1.82, 2.24) is 15.0 Å². The van der Waals surface area contributed by atoms with Crippen LogP contribution in [0.25, 0.3) is 0 Å². The number of aromatic nitrogens is 3. The van der Waals surface area contributed by atoms with Crippen molar-refractivity contribution in [1.29, 1.82) is 0 Å². The largest absolute Gasteiger partial charge is 0.463 e. The predicted molar refractivity (Wildman–Crippen MR) is 78.0 cm³/mol. The van der Waals surface area contributed by atoms with Crippen molar-refractivity contribution in [3.63, 3.8) is 0 Å². The smallest absolute Gasteiger partial charge is 0.323 e. The maximum atomic E-state index is 5.59. The van der Waals surface area contributed by atoms with Crippen molar-refractivity contribution in [3.05, 3.63) is 0 Å². The number of hydrogen-bond acceptors (Lipinski definition) is 6. The molecule has 19 heavy (non-hydrogen) atoms. The number of hydrogen-bond donors (Lipinski definition) is 1. The van der Waals surface area contributed by atoms with Gasteiger partial charge in [-0.05, 0) is 6.42 Å². The molecule has 1 heterocycles. The summed E-state index contributed by atoms with van der Waals surface area (Å²) in [6, 6.07) is 0.388. The van der Waals surface area contributed by atoms with Crippen LogP contribution >= 0.6 is 0 Å². The summed E-state index contributed by atoms with van der Waals surface area (Å²) in [6.07, 6.45) is 6.05. The molecule has 0 unspecified atom stereocenters. The fourth-order valence-electron chi connectivity index (χ4n) is 1.59. The number of nitrogens with one attached hydrogen (secondary N) is 1. The summed E-state index contributed by atoms with van der Waals surface area (Å²) in [7, 11) is 5.57. The summed E-state index contributed by atoms with van der Waals surface area (Å²) in [4.78, 5) is 14.5. The molecule has 1 aromatic rings. The Morgan fingerprint density at radius 1 is 1.05 bits per heavy atom. The van der Waals surface area contributed by atoms with Crippen LogP contribution in [0.15, 0.2) is 0 Å². The van der Waals surface area contributed by atoms with E-state index in [1.165, 1.54) is 25.7 Å². The first kappa shape index (κ1) is 15.5. The number of rotatable bonds is 9. The van der Waals surface area contributed by atoms with Gasteiger partial charge in [0.2, 0.25) is 11.9 Å². The van der Waals surface area contributed by atoms with Crippen LogP contribution in [0.2, 0.25) is 0 Å². The van der Waals surface area contributed by atoms with Crippen LogP contribution < -0.4 is 15.0 Å². The second-order valence-corrected chi connectivity index (χ2v) is 4.65. The van der Waals surface area contributed by atoms with Crippen molar-refractivity contribution in [2.75, 3.05) is 38.0 Å². The van der Waals surface area contributed by atoms with E-state index in [1.54, 1.807) is 7.05 Å². The van der Waals surface area contributed by atoms with Gasteiger partial charge in [0.05, 0.1) is 6.61 Å². The van der Waals surface area contributed by atoms with Crippen LogP contribution in [0.1, 0.15) is 39.0 Å². The Morgan fingerprint density at radius 2 is 1.79 bits per heavy atom. The van der Waals surface area contributed by atoms with Gasteiger partial charge in [-0.1, -0.05) is 32.6 Å². The first-order valence-corrected chi connectivity index (χ1v) is 6.91. The monoisotopic (exact) mass is 267 g/mol. The minimum absolute atomic E-state index is 0.388. The van der Waals surface area contributed by atoms with Crippen molar-refractivity contribution in [2.45, 2.75) is 39.0 Å². The second kappa shape index (κ2) is 8.50. The van der Waals surface area contributed by atoms with Crippen LogP contribution in [0, 0.1) is 0 Å². The highest BCUT2D eigenvalue weighted by Crippen LogP contribution is 2.13. The number of anilines is 2. The Kier molecular flexibility index (Phi) is 6.92. The summed E-state index contributed by atoms with van der Waals surface area (Å²) in [6.45, 7) is 2.87.